The molecule has 0 fully saturated rings. The van der Waals surface area contributed by atoms with Gasteiger partial charge in [-0.1, -0.05) is 0 Å². The molecule has 3 nitrogen and oxygen atoms in total. The summed E-state index contributed by atoms with van der Waals surface area (Å²) in [5.41, 5.74) is 0. The molecule has 0 atom stereocenters. The van der Waals surface area contributed by atoms with Gasteiger partial charge in [0.1, 0.15) is 0 Å². The Morgan fingerprint density at radius 3 is 0.548 bits per heavy atom. The molecule has 0 spiro atoms. The van der Waals surface area contributed by atoms with Gasteiger partial charge in [-0.15, -0.1) is 0 Å². The summed E-state index contributed by atoms with van der Waals surface area (Å²) in [6, 6.07) is 66.0. The van der Waals surface area contributed by atoms with Gasteiger partial charge in [-0.05, 0) is 0 Å². The Morgan fingerprint density at radius 2 is 0.429 bits per heavy atom. The van der Waals surface area contributed by atoms with E-state index in [-0.39, 0.29) is 0 Å². The number of rotatable bonds is 6. The molecule has 2 N–H and O–H groups in total. The topological polar surface area (TPSA) is 57.5 Å². The first-order valence-corrected chi connectivity index (χ1v) is 25.3. The zero-order valence-corrected chi connectivity index (χ0v) is 30.9. The monoisotopic (exact) mass is 940 g/mol. The summed E-state index contributed by atoms with van der Waals surface area (Å²) in [7, 11) is 0. The van der Waals surface area contributed by atoms with Gasteiger partial charge in [0.25, 0.3) is 0 Å². The molecule has 5 heteroatoms. The van der Waals surface area contributed by atoms with Crippen molar-refractivity contribution >= 4 is 70.3 Å². The molecule has 0 saturated carbocycles. The van der Waals surface area contributed by atoms with Crippen LogP contribution in [0.3, 0.4) is 0 Å². The molecule has 6 aromatic rings. The average Bonchev–Trinajstić information content (AvgIpc) is 3.05. The van der Waals surface area contributed by atoms with Gasteiger partial charge in [0, 0.05) is 0 Å². The fourth-order valence-corrected chi connectivity index (χ4v) is 24.7. The van der Waals surface area contributed by atoms with Crippen molar-refractivity contribution in [2.45, 2.75) is 0 Å². The molecule has 0 heterocycles. The third-order valence-electron chi connectivity index (χ3n) is 6.37. The van der Waals surface area contributed by atoms with Crippen molar-refractivity contribution in [1.82, 2.24) is 0 Å². The quantitative estimate of drug-likeness (QED) is 0.240. The minimum atomic E-state index is -2.17. The number of carboxylic acid groups (broad SMARTS) is 2. The van der Waals surface area contributed by atoms with Crippen molar-refractivity contribution in [2.24, 2.45) is 0 Å². The van der Waals surface area contributed by atoms with E-state index in [1.165, 1.54) is 0 Å². The summed E-state index contributed by atoms with van der Waals surface area (Å²) in [6.07, 6.45) is -1.83. The van der Waals surface area contributed by atoms with Gasteiger partial charge in [0.15, 0.2) is 0 Å². The first-order valence-electron chi connectivity index (χ1n) is 13.6. The Labute approximate surface area is 265 Å². The standard InChI is InChI=1S/6C6H5.CH2O3.2Pb/c6*1-2-4-6-5-3-1;2-1(3)4;;/h6*1-5H;(H2,2,3,4);;. The average molecular weight is 939 g/mol. The number of hydrogen-bond donors (Lipinski definition) is 2. The van der Waals surface area contributed by atoms with Crippen LogP contribution in [0.15, 0.2) is 182 Å². The van der Waals surface area contributed by atoms with Crippen LogP contribution in [0.25, 0.3) is 0 Å². The molecule has 0 saturated heterocycles. The molecule has 0 amide bonds. The first-order chi connectivity index (χ1) is 20.6. The molecule has 6 aromatic carbocycles. The fraction of sp³-hybridized carbons (Fsp3) is 0. The number of hydrogen-bond acceptors (Lipinski definition) is 1. The molecule has 0 aliphatic rings. The van der Waals surface area contributed by atoms with Crippen LogP contribution < -0.4 is 18.7 Å². The third kappa shape index (κ3) is 9.77. The molecular weight excluding hydrogens is 907 g/mol. The van der Waals surface area contributed by atoms with Crippen LogP contribution in [0.5, 0.6) is 0 Å². The van der Waals surface area contributed by atoms with E-state index in [0.717, 1.165) is 0 Å². The van der Waals surface area contributed by atoms with E-state index in [0.29, 0.717) is 0 Å². The second kappa shape index (κ2) is 17.4. The summed E-state index contributed by atoms with van der Waals surface area (Å²) in [5, 5.41) is 13.9. The second-order valence-corrected chi connectivity index (χ2v) is 28.5. The van der Waals surface area contributed by atoms with E-state index in [9.17, 15) is 0 Å². The molecule has 0 unspecified atom stereocenters. The Morgan fingerprint density at radius 1 is 0.310 bits per heavy atom. The maximum absolute atomic E-state index is 8.56. The number of carbonyl (C=O) groups is 1. The van der Waals surface area contributed by atoms with Gasteiger partial charge in [-0.3, -0.25) is 0 Å². The Balaban J connectivity index is 0.000000171. The SMILES string of the molecule is O=C(O)O.c1cc[c]([Pb]([c]2ccccc2)[c]2ccccc2)cc1.c1cc[c]([Pb]([c]2ccccc2)[c]2ccccc2)cc1. The first kappa shape index (κ1) is 31.4. The summed E-state index contributed by atoms with van der Waals surface area (Å²) in [5.74, 6) is 0. The van der Waals surface area contributed by atoms with E-state index in [4.69, 9.17) is 15.0 Å². The second-order valence-electron chi connectivity index (χ2n) is 9.23. The molecule has 0 bridgehead atoms. The molecule has 206 valence electrons. The summed E-state index contributed by atoms with van der Waals surface area (Å²) in [6.45, 7) is 0. The fourth-order valence-electron chi connectivity index (χ4n) is 4.63. The predicted octanol–water partition coefficient (Wildman–Crippen LogP) is 4.63. The van der Waals surface area contributed by atoms with Crippen molar-refractivity contribution in [2.75, 3.05) is 0 Å². The van der Waals surface area contributed by atoms with Crippen molar-refractivity contribution in [3.63, 3.8) is 0 Å². The van der Waals surface area contributed by atoms with Crippen molar-refractivity contribution < 1.29 is 15.0 Å². The number of benzene rings is 6. The molecule has 0 aromatic heterocycles. The molecule has 0 aliphatic carbocycles. The summed E-state index contributed by atoms with van der Waals surface area (Å²) in [4.78, 5) is 8.56. The zero-order chi connectivity index (χ0) is 29.4. The van der Waals surface area contributed by atoms with Gasteiger partial charge < -0.3 is 10.2 Å². The normalized spacial score (nSPS) is 10.1. The van der Waals surface area contributed by atoms with Crippen molar-refractivity contribution in [3.05, 3.63) is 182 Å². The third-order valence-corrected chi connectivity index (χ3v) is 27.6. The summed E-state index contributed by atoms with van der Waals surface area (Å²) >= 11 is -4.34. The van der Waals surface area contributed by atoms with Gasteiger partial charge in [-0.25, -0.2) is 4.79 Å². The van der Waals surface area contributed by atoms with E-state index < -0.39 is 51.6 Å². The minimum absolute atomic E-state index is 1.55. The van der Waals surface area contributed by atoms with Crippen LogP contribution in [0.4, 0.5) is 4.79 Å². The molecular formula is C37H32O3Pb2. The van der Waals surface area contributed by atoms with E-state index >= 15 is 0 Å². The molecule has 2 radical (unpaired) electrons. The van der Waals surface area contributed by atoms with E-state index in [1.54, 1.807) is 18.7 Å². The van der Waals surface area contributed by atoms with Crippen LogP contribution in [0.1, 0.15) is 0 Å². The maximum atomic E-state index is 8.56. The van der Waals surface area contributed by atoms with Gasteiger partial charge in [0.05, 0.1) is 0 Å². The van der Waals surface area contributed by atoms with Crippen LogP contribution in [-0.2, 0) is 0 Å². The Bertz CT molecular complexity index is 1270. The van der Waals surface area contributed by atoms with Gasteiger partial charge >= 0.3 is 252 Å². The van der Waals surface area contributed by atoms with Crippen LogP contribution in [0.2, 0.25) is 0 Å². The summed E-state index contributed by atoms with van der Waals surface area (Å²) < 4.78 is 9.28. The van der Waals surface area contributed by atoms with Crippen molar-refractivity contribution in [3.8, 4) is 0 Å². The Hall–Kier alpha value is -3.57. The van der Waals surface area contributed by atoms with Crippen LogP contribution in [0, 0.1) is 0 Å². The van der Waals surface area contributed by atoms with Crippen LogP contribution in [-0.4, -0.2) is 61.8 Å². The molecule has 42 heavy (non-hydrogen) atoms. The zero-order valence-electron chi connectivity index (χ0n) is 23.1. The van der Waals surface area contributed by atoms with Gasteiger partial charge in [-0.2, -0.15) is 0 Å². The van der Waals surface area contributed by atoms with Gasteiger partial charge in [0.2, 0.25) is 0 Å². The molecule has 6 rings (SSSR count). The van der Waals surface area contributed by atoms with E-state index in [2.05, 4.69) is 182 Å². The van der Waals surface area contributed by atoms with Crippen molar-refractivity contribution in [1.29, 1.82) is 0 Å². The molecule has 0 aliphatic heterocycles. The van der Waals surface area contributed by atoms with E-state index in [1.807, 2.05) is 0 Å². The Kier molecular flexibility index (Phi) is 13.0. The predicted molar refractivity (Wildman–Crippen MR) is 179 cm³/mol. The van der Waals surface area contributed by atoms with Crippen LogP contribution >= 0.6 is 0 Å².